The maximum atomic E-state index is 10.5. The molecule has 0 amide bonds. The van der Waals surface area contributed by atoms with Gasteiger partial charge in [0.1, 0.15) is 11.4 Å². The van der Waals surface area contributed by atoms with Crippen LogP contribution in [0, 0.1) is 5.41 Å². The molecular weight excluding hydrogens is 360 g/mol. The summed E-state index contributed by atoms with van der Waals surface area (Å²) in [4.78, 5) is 10.5. The lowest BCUT2D eigenvalue weighted by Gasteiger charge is -2.17. The summed E-state index contributed by atoms with van der Waals surface area (Å²) in [6.45, 7) is 7.55. The van der Waals surface area contributed by atoms with E-state index in [1.165, 1.54) is 56.1 Å². The molecule has 1 fully saturated rings. The lowest BCUT2D eigenvalue weighted by molar-refractivity contribution is -0.135. The van der Waals surface area contributed by atoms with E-state index in [0.717, 1.165) is 44.9 Å². The Morgan fingerprint density at radius 2 is 1.45 bits per heavy atom. The molecule has 29 heavy (non-hydrogen) atoms. The first-order valence-electron chi connectivity index (χ1n) is 11.8. The van der Waals surface area contributed by atoms with Crippen LogP contribution in [-0.2, 0) is 22.4 Å². The Labute approximate surface area is 178 Å². The minimum atomic E-state index is -0.103. The van der Waals surface area contributed by atoms with Crippen molar-refractivity contribution < 1.29 is 14.6 Å². The quantitative estimate of drug-likeness (QED) is 0.251. The van der Waals surface area contributed by atoms with Crippen LogP contribution in [-0.4, -0.2) is 17.2 Å². The fraction of sp³-hybridized carbons (Fsp3) is 0.731. The summed E-state index contributed by atoms with van der Waals surface area (Å²) in [6, 6.07) is 6.14. The van der Waals surface area contributed by atoms with Crippen molar-refractivity contribution in [2.75, 3.05) is 0 Å². The van der Waals surface area contributed by atoms with Crippen LogP contribution in [0.3, 0.4) is 0 Å². The SMILES string of the molecule is CC(C)(C)CCCCCCc1cc(O)cc(CCCCCCC2(OC=O)CC2)c1. The highest BCUT2D eigenvalue weighted by atomic mass is 16.5. The maximum absolute atomic E-state index is 10.5. The van der Waals surface area contributed by atoms with Gasteiger partial charge in [0.05, 0.1) is 0 Å². The van der Waals surface area contributed by atoms with Gasteiger partial charge in [0.25, 0.3) is 6.47 Å². The average Bonchev–Trinajstić information content (AvgIpc) is 3.40. The number of ether oxygens (including phenoxy) is 1. The van der Waals surface area contributed by atoms with Gasteiger partial charge >= 0.3 is 0 Å². The van der Waals surface area contributed by atoms with Gasteiger partial charge in [-0.3, -0.25) is 4.79 Å². The number of carbonyl (C=O) groups is 1. The van der Waals surface area contributed by atoms with Gasteiger partial charge in [0.15, 0.2) is 0 Å². The van der Waals surface area contributed by atoms with E-state index in [1.54, 1.807) is 0 Å². The Morgan fingerprint density at radius 3 is 1.97 bits per heavy atom. The highest BCUT2D eigenvalue weighted by molar-refractivity contribution is 5.39. The number of rotatable bonds is 15. The minimum absolute atomic E-state index is 0.103. The molecule has 164 valence electrons. The molecule has 0 unspecified atom stereocenters. The van der Waals surface area contributed by atoms with Gasteiger partial charge in [-0.25, -0.2) is 0 Å². The van der Waals surface area contributed by atoms with Crippen LogP contribution in [0.2, 0.25) is 0 Å². The molecule has 0 aliphatic heterocycles. The zero-order valence-electron chi connectivity index (χ0n) is 19.0. The smallest absolute Gasteiger partial charge is 0.293 e. The highest BCUT2D eigenvalue weighted by Gasteiger charge is 2.44. The zero-order chi connectivity index (χ0) is 21.2. The summed E-state index contributed by atoms with van der Waals surface area (Å²) in [5, 5.41) is 10.1. The number of phenols is 1. The zero-order valence-corrected chi connectivity index (χ0v) is 19.0. The number of hydrogen-bond donors (Lipinski definition) is 1. The normalized spacial score (nSPS) is 15.3. The van der Waals surface area contributed by atoms with Crippen LogP contribution in [0.25, 0.3) is 0 Å². The lowest BCUT2D eigenvalue weighted by atomic mass is 9.89. The largest absolute Gasteiger partial charge is 0.508 e. The van der Waals surface area contributed by atoms with Gasteiger partial charge < -0.3 is 9.84 Å². The predicted molar refractivity (Wildman–Crippen MR) is 120 cm³/mol. The first kappa shape index (κ1) is 23.8. The third-order valence-corrected chi connectivity index (χ3v) is 6.13. The standard InChI is InChI=1S/C26H42O3/c1-25(2,3)14-10-6-4-8-12-22-18-23(20-24(28)19-22)13-9-5-7-11-15-26(16-17-26)29-21-27/h18-21,28H,4-17H2,1-3H3. The van der Waals surface area contributed by atoms with Crippen molar-refractivity contribution in [3.8, 4) is 5.75 Å². The third kappa shape index (κ3) is 10.2. The third-order valence-electron chi connectivity index (χ3n) is 6.13. The molecule has 0 heterocycles. The van der Waals surface area contributed by atoms with Gasteiger partial charge in [-0.2, -0.15) is 0 Å². The van der Waals surface area contributed by atoms with Gasteiger partial charge in [-0.05, 0) is 86.5 Å². The van der Waals surface area contributed by atoms with Crippen molar-refractivity contribution in [1.29, 1.82) is 0 Å². The van der Waals surface area contributed by atoms with Crippen molar-refractivity contribution >= 4 is 6.47 Å². The Kier molecular flexibility index (Phi) is 9.52. The van der Waals surface area contributed by atoms with E-state index in [2.05, 4.69) is 26.8 Å². The van der Waals surface area contributed by atoms with E-state index < -0.39 is 0 Å². The van der Waals surface area contributed by atoms with E-state index in [0.29, 0.717) is 17.6 Å². The second-order valence-corrected chi connectivity index (χ2v) is 10.3. The van der Waals surface area contributed by atoms with Gasteiger partial charge in [-0.1, -0.05) is 58.9 Å². The summed E-state index contributed by atoms with van der Waals surface area (Å²) in [5.41, 5.74) is 2.88. The molecule has 1 N–H and O–H groups in total. The fourth-order valence-electron chi connectivity index (χ4n) is 4.17. The van der Waals surface area contributed by atoms with E-state index in [4.69, 9.17) is 4.74 Å². The van der Waals surface area contributed by atoms with Crippen LogP contribution in [0.5, 0.6) is 5.75 Å². The molecule has 1 aromatic rings. The number of benzene rings is 1. The summed E-state index contributed by atoms with van der Waals surface area (Å²) in [5.74, 6) is 0.409. The van der Waals surface area contributed by atoms with Crippen LogP contribution in [0.1, 0.15) is 109 Å². The van der Waals surface area contributed by atoms with Gasteiger partial charge in [0.2, 0.25) is 0 Å². The van der Waals surface area contributed by atoms with Gasteiger partial charge in [0, 0.05) is 0 Å². The molecule has 0 bridgehead atoms. The number of hydrogen-bond acceptors (Lipinski definition) is 3. The van der Waals surface area contributed by atoms with E-state index in [1.807, 2.05) is 12.1 Å². The maximum Gasteiger partial charge on any atom is 0.293 e. The monoisotopic (exact) mass is 402 g/mol. The van der Waals surface area contributed by atoms with Crippen molar-refractivity contribution in [3.63, 3.8) is 0 Å². The molecule has 1 aromatic carbocycles. The summed E-state index contributed by atoms with van der Waals surface area (Å²) < 4.78 is 5.20. The van der Waals surface area contributed by atoms with Crippen molar-refractivity contribution in [1.82, 2.24) is 0 Å². The summed E-state index contributed by atoms with van der Waals surface area (Å²) in [6.07, 6.45) is 16.2. The fourth-order valence-corrected chi connectivity index (χ4v) is 4.17. The molecule has 1 saturated carbocycles. The number of carbonyl (C=O) groups excluding carboxylic acids is 1. The second-order valence-electron chi connectivity index (χ2n) is 10.3. The summed E-state index contributed by atoms with van der Waals surface area (Å²) >= 11 is 0. The van der Waals surface area contributed by atoms with Crippen molar-refractivity contribution in [2.24, 2.45) is 5.41 Å². The lowest BCUT2D eigenvalue weighted by Crippen LogP contribution is -2.12. The van der Waals surface area contributed by atoms with Crippen molar-refractivity contribution in [2.45, 2.75) is 116 Å². The first-order valence-corrected chi connectivity index (χ1v) is 11.8. The van der Waals surface area contributed by atoms with E-state index in [9.17, 15) is 9.90 Å². The van der Waals surface area contributed by atoms with Gasteiger partial charge in [-0.15, -0.1) is 0 Å². The van der Waals surface area contributed by atoms with E-state index in [-0.39, 0.29) is 5.60 Å². The average molecular weight is 403 g/mol. The minimum Gasteiger partial charge on any atom is -0.508 e. The number of aromatic hydroxyl groups is 1. The van der Waals surface area contributed by atoms with Crippen LogP contribution in [0.15, 0.2) is 18.2 Å². The molecule has 3 nitrogen and oxygen atoms in total. The molecule has 1 aliphatic carbocycles. The Hall–Kier alpha value is -1.51. The second kappa shape index (κ2) is 11.6. The molecule has 2 rings (SSSR count). The molecule has 3 heteroatoms. The predicted octanol–water partition coefficient (Wildman–Crippen LogP) is 7.13. The first-order chi connectivity index (χ1) is 13.8. The molecule has 0 aromatic heterocycles. The number of phenolic OH excluding ortho intramolecular Hbond substituents is 1. The molecule has 0 spiro atoms. The Balaban J connectivity index is 1.59. The topological polar surface area (TPSA) is 46.5 Å². The summed E-state index contributed by atoms with van der Waals surface area (Å²) in [7, 11) is 0. The molecule has 0 saturated heterocycles. The van der Waals surface area contributed by atoms with Crippen LogP contribution < -0.4 is 0 Å². The highest BCUT2D eigenvalue weighted by Crippen LogP contribution is 2.43. The van der Waals surface area contributed by atoms with Crippen molar-refractivity contribution in [3.05, 3.63) is 29.3 Å². The Bertz CT molecular complexity index is 611. The van der Waals surface area contributed by atoms with Crippen LogP contribution >= 0.6 is 0 Å². The molecule has 1 aliphatic rings. The molecular formula is C26H42O3. The van der Waals surface area contributed by atoms with Crippen LogP contribution in [0.4, 0.5) is 0 Å². The van der Waals surface area contributed by atoms with E-state index >= 15 is 0 Å². The Morgan fingerprint density at radius 1 is 0.897 bits per heavy atom. The molecule has 0 atom stereocenters. The number of aryl methyl sites for hydroxylation is 2. The molecule has 0 radical (unpaired) electrons. The number of unbranched alkanes of at least 4 members (excludes halogenated alkanes) is 6.